The maximum atomic E-state index is 6.07. The summed E-state index contributed by atoms with van der Waals surface area (Å²) in [4.78, 5) is 19.2. The summed E-state index contributed by atoms with van der Waals surface area (Å²) in [6.45, 7) is 2.69. The van der Waals surface area contributed by atoms with Crippen molar-refractivity contribution in [2.24, 2.45) is 0 Å². The van der Waals surface area contributed by atoms with E-state index in [-0.39, 0.29) is 6.10 Å². The van der Waals surface area contributed by atoms with E-state index in [4.69, 9.17) is 4.74 Å². The van der Waals surface area contributed by atoms with Crippen LogP contribution in [0.25, 0.3) is 10.6 Å². The van der Waals surface area contributed by atoms with Crippen molar-refractivity contribution < 1.29 is 4.74 Å². The van der Waals surface area contributed by atoms with Crippen molar-refractivity contribution in [3.63, 3.8) is 0 Å². The van der Waals surface area contributed by atoms with Gasteiger partial charge in [0.05, 0.1) is 16.3 Å². The zero-order chi connectivity index (χ0) is 20.1. The molecule has 3 aromatic heterocycles. The molecule has 4 rings (SSSR count). The SMILES string of the molecule is CNCc1cccc(Nc2ncc(-c3cc(C)nc(OC4CCCCC4)n3)s2)n1. The Hall–Kier alpha value is -2.58. The summed E-state index contributed by atoms with van der Waals surface area (Å²) in [5.74, 6) is 0.777. The van der Waals surface area contributed by atoms with Gasteiger partial charge in [0.15, 0.2) is 5.13 Å². The van der Waals surface area contributed by atoms with Crippen molar-refractivity contribution in [1.82, 2.24) is 25.3 Å². The lowest BCUT2D eigenvalue weighted by Gasteiger charge is -2.21. The maximum absolute atomic E-state index is 6.07. The van der Waals surface area contributed by atoms with Crippen molar-refractivity contribution >= 4 is 22.3 Å². The predicted molar refractivity (Wildman–Crippen MR) is 116 cm³/mol. The second kappa shape index (κ2) is 9.28. The van der Waals surface area contributed by atoms with Crippen LogP contribution in [0.4, 0.5) is 10.9 Å². The van der Waals surface area contributed by atoms with Gasteiger partial charge in [-0.3, -0.25) is 0 Å². The Morgan fingerprint density at radius 2 is 2.00 bits per heavy atom. The Balaban J connectivity index is 1.49. The van der Waals surface area contributed by atoms with Gasteiger partial charge in [0.1, 0.15) is 11.9 Å². The van der Waals surface area contributed by atoms with E-state index in [1.165, 1.54) is 30.6 Å². The van der Waals surface area contributed by atoms with Crippen LogP contribution in [0.3, 0.4) is 0 Å². The third-order valence-electron chi connectivity index (χ3n) is 4.82. The van der Waals surface area contributed by atoms with Crippen molar-refractivity contribution in [3.05, 3.63) is 41.9 Å². The van der Waals surface area contributed by atoms with Gasteiger partial charge in [-0.1, -0.05) is 23.8 Å². The molecule has 2 N–H and O–H groups in total. The third kappa shape index (κ3) is 5.27. The normalized spacial score (nSPS) is 14.7. The summed E-state index contributed by atoms with van der Waals surface area (Å²) in [6.07, 6.45) is 7.96. The summed E-state index contributed by atoms with van der Waals surface area (Å²) in [7, 11) is 1.91. The molecule has 0 spiro atoms. The summed E-state index contributed by atoms with van der Waals surface area (Å²) in [6, 6.07) is 8.35. The highest BCUT2D eigenvalue weighted by Crippen LogP contribution is 2.31. The molecule has 0 atom stereocenters. The summed E-state index contributed by atoms with van der Waals surface area (Å²) >= 11 is 1.54. The first-order valence-corrected chi connectivity index (χ1v) is 10.9. The number of pyridine rings is 1. The first-order chi connectivity index (χ1) is 14.2. The molecular formula is C21H26N6OS. The average molecular weight is 411 g/mol. The third-order valence-corrected chi connectivity index (χ3v) is 5.75. The molecule has 29 heavy (non-hydrogen) atoms. The highest BCUT2D eigenvalue weighted by molar-refractivity contribution is 7.18. The van der Waals surface area contributed by atoms with Crippen LogP contribution in [0.2, 0.25) is 0 Å². The van der Waals surface area contributed by atoms with Gasteiger partial charge >= 0.3 is 6.01 Å². The largest absolute Gasteiger partial charge is 0.460 e. The van der Waals surface area contributed by atoms with Crippen LogP contribution in [-0.4, -0.2) is 33.1 Å². The Morgan fingerprint density at radius 3 is 2.83 bits per heavy atom. The molecule has 1 saturated carbocycles. The number of ether oxygens (including phenoxy) is 1. The van der Waals surface area contributed by atoms with Crippen molar-refractivity contribution in [3.8, 4) is 16.6 Å². The number of aromatic nitrogens is 4. The molecule has 3 heterocycles. The van der Waals surface area contributed by atoms with Crippen LogP contribution in [0.1, 0.15) is 43.5 Å². The molecule has 0 aromatic carbocycles. The zero-order valence-corrected chi connectivity index (χ0v) is 17.6. The first kappa shape index (κ1) is 19.7. The number of aryl methyl sites for hydroxylation is 1. The number of rotatable bonds is 7. The average Bonchev–Trinajstić information content (AvgIpc) is 3.17. The fourth-order valence-electron chi connectivity index (χ4n) is 3.44. The van der Waals surface area contributed by atoms with Crippen LogP contribution in [0.5, 0.6) is 6.01 Å². The fourth-order valence-corrected chi connectivity index (χ4v) is 4.22. The summed E-state index contributed by atoms with van der Waals surface area (Å²) in [5.41, 5.74) is 2.71. The second-order valence-electron chi connectivity index (χ2n) is 7.25. The molecular weight excluding hydrogens is 384 g/mol. The molecule has 152 valence electrons. The van der Waals surface area contributed by atoms with Gasteiger partial charge in [0, 0.05) is 18.4 Å². The lowest BCUT2D eigenvalue weighted by molar-refractivity contribution is 0.142. The van der Waals surface area contributed by atoms with E-state index >= 15 is 0 Å². The second-order valence-corrected chi connectivity index (χ2v) is 8.28. The molecule has 1 fully saturated rings. The van der Waals surface area contributed by atoms with Crippen LogP contribution in [0, 0.1) is 6.92 Å². The number of thiazole rings is 1. The van der Waals surface area contributed by atoms with E-state index in [0.717, 1.165) is 52.3 Å². The van der Waals surface area contributed by atoms with Gasteiger partial charge in [0.2, 0.25) is 0 Å². The smallest absolute Gasteiger partial charge is 0.317 e. The topological polar surface area (TPSA) is 84.9 Å². The lowest BCUT2D eigenvalue weighted by Crippen LogP contribution is -2.21. The van der Waals surface area contributed by atoms with Gasteiger partial charge in [-0.15, -0.1) is 0 Å². The molecule has 1 aliphatic carbocycles. The standard InChI is InChI=1S/C21H26N6OS/c1-14-11-17(26-20(24-14)28-16-8-4-3-5-9-16)18-13-23-21(29-18)27-19-10-6-7-15(25-19)12-22-2/h6-7,10-11,13,16,22H,3-5,8-9,12H2,1-2H3,(H,23,25,27). The highest BCUT2D eigenvalue weighted by Gasteiger charge is 2.17. The van der Waals surface area contributed by atoms with Crippen LogP contribution in [0.15, 0.2) is 30.5 Å². The van der Waals surface area contributed by atoms with Gasteiger partial charge in [-0.2, -0.15) is 4.98 Å². The van der Waals surface area contributed by atoms with E-state index in [1.54, 1.807) is 0 Å². The molecule has 0 saturated heterocycles. The Kier molecular flexibility index (Phi) is 6.31. The number of hydrogen-bond donors (Lipinski definition) is 2. The van der Waals surface area contributed by atoms with Crippen molar-refractivity contribution in [2.75, 3.05) is 12.4 Å². The van der Waals surface area contributed by atoms with Crippen LogP contribution < -0.4 is 15.4 Å². The number of nitrogens with one attached hydrogen (secondary N) is 2. The predicted octanol–water partition coefficient (Wildman–Crippen LogP) is 4.48. The van der Waals surface area contributed by atoms with Crippen molar-refractivity contribution in [2.45, 2.75) is 51.7 Å². The van der Waals surface area contributed by atoms with Crippen molar-refractivity contribution in [1.29, 1.82) is 0 Å². The van der Waals surface area contributed by atoms with E-state index < -0.39 is 0 Å². The van der Waals surface area contributed by atoms with E-state index in [2.05, 4.69) is 30.6 Å². The maximum Gasteiger partial charge on any atom is 0.317 e. The molecule has 8 heteroatoms. The van der Waals surface area contributed by atoms with Gasteiger partial charge in [-0.05, 0) is 57.9 Å². The number of nitrogens with zero attached hydrogens (tertiary/aromatic N) is 4. The molecule has 0 unspecified atom stereocenters. The minimum atomic E-state index is 0.230. The van der Waals surface area contributed by atoms with Gasteiger partial charge < -0.3 is 15.4 Å². The quantitative estimate of drug-likeness (QED) is 0.594. The summed E-state index contributed by atoms with van der Waals surface area (Å²) < 4.78 is 6.07. The molecule has 0 radical (unpaired) electrons. The fraction of sp³-hybridized carbons (Fsp3) is 0.429. The molecule has 0 aliphatic heterocycles. The van der Waals surface area contributed by atoms with Gasteiger partial charge in [0.25, 0.3) is 0 Å². The number of hydrogen-bond acceptors (Lipinski definition) is 8. The van der Waals surface area contributed by atoms with E-state index in [0.29, 0.717) is 6.01 Å². The summed E-state index contributed by atoms with van der Waals surface area (Å²) in [5, 5.41) is 7.17. The molecule has 0 bridgehead atoms. The minimum Gasteiger partial charge on any atom is -0.460 e. The molecule has 1 aliphatic rings. The Bertz CT molecular complexity index is 954. The molecule has 7 nitrogen and oxygen atoms in total. The monoisotopic (exact) mass is 410 g/mol. The Labute approximate surface area is 175 Å². The molecule has 0 amide bonds. The van der Waals surface area contributed by atoms with Crippen LogP contribution in [-0.2, 0) is 6.54 Å². The minimum absolute atomic E-state index is 0.230. The van der Waals surface area contributed by atoms with E-state index in [1.807, 2.05) is 44.4 Å². The highest BCUT2D eigenvalue weighted by atomic mass is 32.1. The lowest BCUT2D eigenvalue weighted by atomic mass is 9.98. The molecule has 3 aromatic rings. The first-order valence-electron chi connectivity index (χ1n) is 10.1. The van der Waals surface area contributed by atoms with Gasteiger partial charge in [-0.25, -0.2) is 15.0 Å². The van der Waals surface area contributed by atoms with E-state index in [9.17, 15) is 0 Å². The number of anilines is 2. The Morgan fingerprint density at radius 1 is 1.14 bits per heavy atom. The van der Waals surface area contributed by atoms with Crippen LogP contribution >= 0.6 is 11.3 Å². The zero-order valence-electron chi connectivity index (χ0n) is 16.8.